The Hall–Kier alpha value is -3.54. The number of benzene rings is 2. The molecule has 0 aromatic heterocycles. The third kappa shape index (κ3) is 4.54. The van der Waals surface area contributed by atoms with Crippen LogP contribution in [0.5, 0.6) is 11.5 Å². The molecular weight excluding hydrogens is 381 g/mol. The van der Waals surface area contributed by atoms with Crippen LogP contribution in [0.2, 0.25) is 0 Å². The molecule has 1 heterocycles. The Morgan fingerprint density at radius 3 is 2.67 bits per heavy atom. The van der Waals surface area contributed by atoms with Crippen LogP contribution >= 0.6 is 0 Å². The highest BCUT2D eigenvalue weighted by atomic mass is 19.1. The average molecular weight is 407 g/mol. The first-order valence-corrected chi connectivity index (χ1v) is 9.72. The Balaban J connectivity index is 1.97. The number of halogens is 1. The predicted octanol–water partition coefficient (Wildman–Crippen LogP) is 5.71. The van der Waals surface area contributed by atoms with Crippen molar-refractivity contribution < 1.29 is 13.9 Å². The summed E-state index contributed by atoms with van der Waals surface area (Å²) in [6, 6.07) is 10.6. The molecule has 0 bridgehead atoms. The number of hydrogen-bond donors (Lipinski definition) is 1. The lowest BCUT2D eigenvalue weighted by atomic mass is 10.1. The molecule has 0 unspecified atom stereocenters. The van der Waals surface area contributed by atoms with Crippen LogP contribution in [0.3, 0.4) is 0 Å². The molecule has 0 saturated carbocycles. The maximum absolute atomic E-state index is 14.1. The van der Waals surface area contributed by atoms with E-state index in [1.807, 2.05) is 61.5 Å². The predicted molar refractivity (Wildman–Crippen MR) is 120 cm³/mol. The summed E-state index contributed by atoms with van der Waals surface area (Å²) in [4.78, 5) is 6.55. The normalized spacial score (nSPS) is 13.9. The summed E-state index contributed by atoms with van der Waals surface area (Å²) >= 11 is 0. The fourth-order valence-corrected chi connectivity index (χ4v) is 2.99. The van der Waals surface area contributed by atoms with E-state index in [1.165, 1.54) is 6.07 Å². The minimum Gasteiger partial charge on any atom is -0.493 e. The van der Waals surface area contributed by atoms with E-state index in [-0.39, 0.29) is 5.82 Å². The number of nitrogens with zero attached hydrogens (tertiary/aromatic N) is 2. The zero-order chi connectivity index (χ0) is 21.7. The zero-order valence-electron chi connectivity index (χ0n) is 17.7. The second kappa shape index (κ2) is 9.31. The van der Waals surface area contributed by atoms with Crippen molar-refractivity contribution >= 4 is 17.2 Å². The molecule has 1 N–H and O–H groups in total. The molecular formula is C24H26FN3O2. The molecule has 30 heavy (non-hydrogen) atoms. The van der Waals surface area contributed by atoms with Gasteiger partial charge in [0.15, 0.2) is 17.3 Å². The van der Waals surface area contributed by atoms with E-state index >= 15 is 0 Å². The Bertz CT molecular complexity index is 1040. The maximum atomic E-state index is 14.1. The minimum atomic E-state index is -0.267. The van der Waals surface area contributed by atoms with Crippen molar-refractivity contribution in [2.45, 2.75) is 20.8 Å². The number of amidine groups is 1. The number of hydrogen-bond acceptors (Lipinski definition) is 5. The van der Waals surface area contributed by atoms with Crippen molar-refractivity contribution in [2.75, 3.05) is 19.0 Å². The fourth-order valence-electron chi connectivity index (χ4n) is 2.99. The second-order valence-corrected chi connectivity index (χ2v) is 6.70. The smallest absolute Gasteiger partial charge is 0.162 e. The van der Waals surface area contributed by atoms with Gasteiger partial charge in [-0.2, -0.15) is 0 Å². The molecule has 0 spiro atoms. The molecule has 2 aromatic rings. The summed E-state index contributed by atoms with van der Waals surface area (Å²) in [6.07, 6.45) is 5.61. The SMILES string of the molecule is C=C1C(Nc2ccc(OCC)c(OC)c2)=NC(c2ccc(C)c(F)c2)=CN1/C=C\C. The molecule has 156 valence electrons. The number of aliphatic imine (C=N–C) groups is 1. The third-order valence-corrected chi connectivity index (χ3v) is 4.58. The molecule has 0 atom stereocenters. The van der Waals surface area contributed by atoms with Gasteiger partial charge in [0.25, 0.3) is 0 Å². The molecule has 0 amide bonds. The van der Waals surface area contributed by atoms with Crippen LogP contribution in [0.25, 0.3) is 5.70 Å². The summed E-state index contributed by atoms with van der Waals surface area (Å²) in [6.45, 7) is 10.3. The molecule has 3 rings (SSSR count). The standard InChI is InChI=1S/C24H26FN3O2/c1-6-12-28-15-21(18-9-8-16(3)20(25)13-18)27-24(17(28)4)26-19-10-11-22(30-7-2)23(14-19)29-5/h6,8-15H,4,7H2,1-3,5H3,(H,26,27)/b12-6-. The number of allylic oxidation sites excluding steroid dienone is 1. The molecule has 5 nitrogen and oxygen atoms in total. The van der Waals surface area contributed by atoms with E-state index in [9.17, 15) is 4.39 Å². The number of rotatable bonds is 6. The van der Waals surface area contributed by atoms with E-state index in [1.54, 1.807) is 20.1 Å². The number of ether oxygens (including phenoxy) is 2. The summed E-state index contributed by atoms with van der Waals surface area (Å²) in [5, 5.41) is 3.29. The van der Waals surface area contributed by atoms with E-state index in [2.05, 4.69) is 11.9 Å². The Morgan fingerprint density at radius 2 is 2.00 bits per heavy atom. The molecule has 1 aliphatic heterocycles. The molecule has 2 aromatic carbocycles. The lowest BCUT2D eigenvalue weighted by Gasteiger charge is -2.26. The van der Waals surface area contributed by atoms with Gasteiger partial charge in [-0.15, -0.1) is 0 Å². The summed E-state index contributed by atoms with van der Waals surface area (Å²) < 4.78 is 25.1. The molecule has 0 aliphatic carbocycles. The molecule has 1 aliphatic rings. The number of aryl methyl sites for hydroxylation is 1. The van der Waals surface area contributed by atoms with Crippen molar-refractivity contribution in [3.05, 3.63) is 84.1 Å². The Morgan fingerprint density at radius 1 is 1.20 bits per heavy atom. The van der Waals surface area contributed by atoms with E-state index < -0.39 is 0 Å². The van der Waals surface area contributed by atoms with Crippen molar-refractivity contribution in [1.29, 1.82) is 0 Å². The van der Waals surface area contributed by atoms with Gasteiger partial charge in [0.05, 0.1) is 25.1 Å². The number of methoxy groups -OCH3 is 1. The first kappa shape index (κ1) is 21.2. The van der Waals surface area contributed by atoms with Crippen LogP contribution in [-0.4, -0.2) is 24.5 Å². The highest BCUT2D eigenvalue weighted by Crippen LogP contribution is 2.32. The number of nitrogens with one attached hydrogen (secondary N) is 1. The van der Waals surface area contributed by atoms with Crippen molar-refractivity contribution in [2.24, 2.45) is 4.99 Å². The van der Waals surface area contributed by atoms with E-state index in [4.69, 9.17) is 14.5 Å². The van der Waals surface area contributed by atoms with Gasteiger partial charge in [0, 0.05) is 29.7 Å². The Labute approximate surface area is 176 Å². The lowest BCUT2D eigenvalue weighted by Crippen LogP contribution is -2.26. The van der Waals surface area contributed by atoms with Gasteiger partial charge in [-0.1, -0.05) is 24.8 Å². The van der Waals surface area contributed by atoms with Crippen molar-refractivity contribution in [3.63, 3.8) is 0 Å². The van der Waals surface area contributed by atoms with Gasteiger partial charge in [-0.3, -0.25) is 0 Å². The van der Waals surface area contributed by atoms with Crippen molar-refractivity contribution in [1.82, 2.24) is 4.90 Å². The fraction of sp³-hybridized carbons (Fsp3) is 0.208. The van der Waals surface area contributed by atoms with Gasteiger partial charge in [0.2, 0.25) is 0 Å². The highest BCUT2D eigenvalue weighted by Gasteiger charge is 2.19. The quantitative estimate of drug-likeness (QED) is 0.666. The van der Waals surface area contributed by atoms with Crippen molar-refractivity contribution in [3.8, 4) is 11.5 Å². The van der Waals surface area contributed by atoms with Crippen LogP contribution in [-0.2, 0) is 0 Å². The minimum absolute atomic E-state index is 0.267. The van der Waals surface area contributed by atoms with Crippen LogP contribution in [0, 0.1) is 12.7 Å². The zero-order valence-corrected chi connectivity index (χ0v) is 17.7. The third-order valence-electron chi connectivity index (χ3n) is 4.58. The highest BCUT2D eigenvalue weighted by molar-refractivity contribution is 6.10. The van der Waals surface area contributed by atoms with Gasteiger partial charge >= 0.3 is 0 Å². The second-order valence-electron chi connectivity index (χ2n) is 6.70. The first-order chi connectivity index (χ1) is 14.5. The average Bonchev–Trinajstić information content (AvgIpc) is 2.74. The first-order valence-electron chi connectivity index (χ1n) is 9.72. The maximum Gasteiger partial charge on any atom is 0.162 e. The van der Waals surface area contributed by atoms with Crippen LogP contribution in [0.15, 0.2) is 72.1 Å². The van der Waals surface area contributed by atoms with Crippen LogP contribution < -0.4 is 14.8 Å². The van der Waals surface area contributed by atoms with Gasteiger partial charge in [-0.05, 0) is 44.5 Å². The molecule has 0 radical (unpaired) electrons. The Kier molecular flexibility index (Phi) is 6.57. The summed E-state index contributed by atoms with van der Waals surface area (Å²) in [5.74, 6) is 1.57. The summed E-state index contributed by atoms with van der Waals surface area (Å²) in [7, 11) is 1.60. The molecule has 6 heteroatoms. The van der Waals surface area contributed by atoms with E-state index in [0.29, 0.717) is 46.5 Å². The molecule has 0 saturated heterocycles. The van der Waals surface area contributed by atoms with Gasteiger partial charge in [0.1, 0.15) is 5.82 Å². The van der Waals surface area contributed by atoms with Crippen LogP contribution in [0.1, 0.15) is 25.0 Å². The monoisotopic (exact) mass is 407 g/mol. The largest absolute Gasteiger partial charge is 0.493 e. The summed E-state index contributed by atoms with van der Waals surface area (Å²) in [5.41, 5.74) is 3.33. The number of anilines is 1. The van der Waals surface area contributed by atoms with E-state index in [0.717, 1.165) is 5.69 Å². The topological polar surface area (TPSA) is 46.1 Å². The lowest BCUT2D eigenvalue weighted by molar-refractivity contribution is 0.311. The van der Waals surface area contributed by atoms with Crippen LogP contribution in [0.4, 0.5) is 10.1 Å². The van der Waals surface area contributed by atoms with Gasteiger partial charge < -0.3 is 19.7 Å². The van der Waals surface area contributed by atoms with Gasteiger partial charge in [-0.25, -0.2) is 9.38 Å². The molecule has 0 fully saturated rings.